The van der Waals surface area contributed by atoms with Gasteiger partial charge in [-0.25, -0.2) is 4.39 Å². The SMILES string of the molecule is O=C(NCCNC1CC1)c1cc([N+](=O)[O-])ccc1F. The number of halogens is 1. The first-order valence-electron chi connectivity index (χ1n) is 6.03. The van der Waals surface area contributed by atoms with Crippen LogP contribution in [0.15, 0.2) is 18.2 Å². The number of carbonyl (C=O) groups excluding carboxylic acids is 1. The molecule has 1 amide bonds. The Labute approximate surface area is 109 Å². The molecule has 0 atom stereocenters. The zero-order valence-electron chi connectivity index (χ0n) is 10.2. The van der Waals surface area contributed by atoms with Crippen LogP contribution in [-0.2, 0) is 0 Å². The lowest BCUT2D eigenvalue weighted by molar-refractivity contribution is -0.384. The van der Waals surface area contributed by atoms with E-state index in [0.29, 0.717) is 19.1 Å². The maximum atomic E-state index is 13.4. The summed E-state index contributed by atoms with van der Waals surface area (Å²) < 4.78 is 13.4. The summed E-state index contributed by atoms with van der Waals surface area (Å²) in [4.78, 5) is 21.6. The van der Waals surface area contributed by atoms with Gasteiger partial charge in [-0.3, -0.25) is 14.9 Å². The van der Waals surface area contributed by atoms with E-state index >= 15 is 0 Å². The summed E-state index contributed by atoms with van der Waals surface area (Å²) in [6.45, 7) is 0.963. The first-order chi connectivity index (χ1) is 9.08. The van der Waals surface area contributed by atoms with Crippen molar-refractivity contribution in [3.8, 4) is 0 Å². The minimum absolute atomic E-state index is 0.303. The number of nitro benzene ring substituents is 1. The Hall–Kier alpha value is -2.02. The Balaban J connectivity index is 1.92. The molecule has 0 unspecified atom stereocenters. The summed E-state index contributed by atoms with van der Waals surface area (Å²) in [7, 11) is 0. The van der Waals surface area contributed by atoms with Gasteiger partial charge in [0.15, 0.2) is 0 Å². The topological polar surface area (TPSA) is 84.3 Å². The van der Waals surface area contributed by atoms with E-state index in [0.717, 1.165) is 31.0 Å². The van der Waals surface area contributed by atoms with Crippen molar-refractivity contribution < 1.29 is 14.1 Å². The first kappa shape index (κ1) is 13.4. The van der Waals surface area contributed by atoms with Crippen LogP contribution in [0.25, 0.3) is 0 Å². The molecule has 2 rings (SSSR count). The van der Waals surface area contributed by atoms with Gasteiger partial charge in [0.25, 0.3) is 11.6 Å². The van der Waals surface area contributed by atoms with Crippen molar-refractivity contribution in [2.75, 3.05) is 13.1 Å². The number of carbonyl (C=O) groups is 1. The molecule has 1 saturated carbocycles. The lowest BCUT2D eigenvalue weighted by atomic mass is 10.1. The first-order valence-corrected chi connectivity index (χ1v) is 6.03. The molecule has 102 valence electrons. The van der Waals surface area contributed by atoms with Gasteiger partial charge in [0.05, 0.1) is 10.5 Å². The predicted molar refractivity (Wildman–Crippen MR) is 66.4 cm³/mol. The van der Waals surface area contributed by atoms with Gasteiger partial charge in [0.1, 0.15) is 5.82 Å². The van der Waals surface area contributed by atoms with E-state index < -0.39 is 16.6 Å². The third-order valence-corrected chi connectivity index (χ3v) is 2.83. The summed E-state index contributed by atoms with van der Waals surface area (Å²) in [5.74, 6) is -1.41. The van der Waals surface area contributed by atoms with Crippen molar-refractivity contribution in [1.82, 2.24) is 10.6 Å². The Bertz CT molecular complexity index is 503. The highest BCUT2D eigenvalue weighted by atomic mass is 19.1. The van der Waals surface area contributed by atoms with E-state index in [1.54, 1.807) is 0 Å². The number of hydrogen-bond donors (Lipinski definition) is 2. The standard InChI is InChI=1S/C12H14FN3O3/c13-11-4-3-9(16(18)19)7-10(11)12(17)15-6-5-14-8-1-2-8/h3-4,7-8,14H,1-2,5-6H2,(H,15,17). The van der Waals surface area contributed by atoms with Gasteiger partial charge in [0.2, 0.25) is 0 Å². The van der Waals surface area contributed by atoms with Gasteiger partial charge in [-0.1, -0.05) is 0 Å². The Kier molecular flexibility index (Phi) is 4.06. The van der Waals surface area contributed by atoms with Crippen LogP contribution >= 0.6 is 0 Å². The largest absolute Gasteiger partial charge is 0.351 e. The molecule has 6 nitrogen and oxygen atoms in total. The van der Waals surface area contributed by atoms with Gasteiger partial charge in [-0.15, -0.1) is 0 Å². The highest BCUT2D eigenvalue weighted by Crippen LogP contribution is 2.18. The smallest absolute Gasteiger partial charge is 0.270 e. The van der Waals surface area contributed by atoms with Crippen molar-refractivity contribution >= 4 is 11.6 Å². The fourth-order valence-electron chi connectivity index (χ4n) is 1.64. The number of rotatable bonds is 6. The number of non-ortho nitro benzene ring substituents is 1. The molecular formula is C12H14FN3O3. The zero-order chi connectivity index (χ0) is 13.8. The van der Waals surface area contributed by atoms with E-state index in [1.807, 2.05) is 0 Å². The second-order valence-electron chi connectivity index (χ2n) is 4.41. The van der Waals surface area contributed by atoms with Gasteiger partial charge < -0.3 is 10.6 Å². The molecule has 7 heteroatoms. The molecular weight excluding hydrogens is 253 g/mol. The lowest BCUT2D eigenvalue weighted by Gasteiger charge is -2.06. The summed E-state index contributed by atoms with van der Waals surface area (Å²) in [5, 5.41) is 16.3. The average molecular weight is 267 g/mol. The zero-order valence-corrected chi connectivity index (χ0v) is 10.2. The van der Waals surface area contributed by atoms with Crippen LogP contribution in [0.4, 0.5) is 10.1 Å². The van der Waals surface area contributed by atoms with E-state index in [9.17, 15) is 19.3 Å². The number of nitrogens with zero attached hydrogens (tertiary/aromatic N) is 1. The molecule has 1 fully saturated rings. The molecule has 0 aliphatic heterocycles. The highest BCUT2D eigenvalue weighted by molar-refractivity contribution is 5.95. The summed E-state index contributed by atoms with van der Waals surface area (Å²) in [6.07, 6.45) is 2.29. The highest BCUT2D eigenvalue weighted by Gasteiger charge is 2.20. The third-order valence-electron chi connectivity index (χ3n) is 2.83. The van der Waals surface area contributed by atoms with Gasteiger partial charge in [0, 0.05) is 31.3 Å². The molecule has 1 aromatic carbocycles. The number of nitrogens with one attached hydrogen (secondary N) is 2. The minimum Gasteiger partial charge on any atom is -0.351 e. The fourth-order valence-corrected chi connectivity index (χ4v) is 1.64. The molecule has 0 radical (unpaired) electrons. The van der Waals surface area contributed by atoms with Crippen LogP contribution in [0.2, 0.25) is 0 Å². The number of amides is 1. The van der Waals surface area contributed by atoms with E-state index in [2.05, 4.69) is 10.6 Å². The number of hydrogen-bond acceptors (Lipinski definition) is 4. The second kappa shape index (κ2) is 5.75. The van der Waals surface area contributed by atoms with Crippen LogP contribution in [0.5, 0.6) is 0 Å². The van der Waals surface area contributed by atoms with Crippen LogP contribution in [-0.4, -0.2) is 30.0 Å². The molecule has 1 aromatic rings. The summed E-state index contributed by atoms with van der Waals surface area (Å²) >= 11 is 0. The molecule has 0 heterocycles. The Morgan fingerprint density at radius 3 is 2.79 bits per heavy atom. The lowest BCUT2D eigenvalue weighted by Crippen LogP contribution is -2.33. The maximum absolute atomic E-state index is 13.4. The van der Waals surface area contributed by atoms with Crippen molar-refractivity contribution in [1.29, 1.82) is 0 Å². The van der Waals surface area contributed by atoms with Gasteiger partial charge in [-0.05, 0) is 18.9 Å². The molecule has 19 heavy (non-hydrogen) atoms. The summed E-state index contributed by atoms with van der Waals surface area (Å²) in [6, 6.07) is 3.43. The third kappa shape index (κ3) is 3.72. The van der Waals surface area contributed by atoms with Crippen LogP contribution in [0, 0.1) is 15.9 Å². The van der Waals surface area contributed by atoms with E-state index in [1.165, 1.54) is 0 Å². The fraction of sp³-hybridized carbons (Fsp3) is 0.417. The molecule has 1 aliphatic rings. The van der Waals surface area contributed by atoms with Gasteiger partial charge >= 0.3 is 0 Å². The predicted octanol–water partition coefficient (Wildman–Crippen LogP) is 1.22. The van der Waals surface area contributed by atoms with E-state index in [4.69, 9.17) is 0 Å². The van der Waals surface area contributed by atoms with E-state index in [-0.39, 0.29) is 11.3 Å². The quantitative estimate of drug-likeness (QED) is 0.461. The van der Waals surface area contributed by atoms with Crippen LogP contribution in [0.3, 0.4) is 0 Å². The van der Waals surface area contributed by atoms with Crippen molar-refractivity contribution in [3.63, 3.8) is 0 Å². The molecule has 1 aliphatic carbocycles. The van der Waals surface area contributed by atoms with Crippen molar-refractivity contribution in [2.24, 2.45) is 0 Å². The Morgan fingerprint density at radius 2 is 2.16 bits per heavy atom. The molecule has 0 spiro atoms. The van der Waals surface area contributed by atoms with Crippen LogP contribution < -0.4 is 10.6 Å². The monoisotopic (exact) mass is 267 g/mol. The van der Waals surface area contributed by atoms with Crippen LogP contribution in [0.1, 0.15) is 23.2 Å². The maximum Gasteiger partial charge on any atom is 0.270 e. The molecule has 0 saturated heterocycles. The number of benzene rings is 1. The van der Waals surface area contributed by atoms with Crippen molar-refractivity contribution in [2.45, 2.75) is 18.9 Å². The molecule has 2 N–H and O–H groups in total. The van der Waals surface area contributed by atoms with Gasteiger partial charge in [-0.2, -0.15) is 0 Å². The normalized spacial score (nSPS) is 14.2. The summed E-state index contributed by atoms with van der Waals surface area (Å²) in [5.41, 5.74) is -0.608. The van der Waals surface area contributed by atoms with Crippen molar-refractivity contribution in [3.05, 3.63) is 39.7 Å². The second-order valence-corrected chi connectivity index (χ2v) is 4.41. The average Bonchev–Trinajstić information content (AvgIpc) is 3.18. The number of nitro groups is 1. The molecule has 0 bridgehead atoms. The minimum atomic E-state index is -0.766. The Morgan fingerprint density at radius 1 is 1.42 bits per heavy atom. The molecule has 0 aromatic heterocycles.